The van der Waals surface area contributed by atoms with Crippen LogP contribution >= 0.6 is 11.8 Å². The van der Waals surface area contributed by atoms with Crippen LogP contribution in [0.4, 0.5) is 17.6 Å². The van der Waals surface area contributed by atoms with E-state index in [9.17, 15) is 22.4 Å². The van der Waals surface area contributed by atoms with E-state index in [1.807, 2.05) is 0 Å². The van der Waals surface area contributed by atoms with Crippen LogP contribution in [-0.4, -0.2) is 11.2 Å². The van der Waals surface area contributed by atoms with Crippen molar-refractivity contribution in [2.75, 3.05) is 0 Å². The summed E-state index contributed by atoms with van der Waals surface area (Å²) in [5.74, 6) is -1.34. The van der Waals surface area contributed by atoms with Crippen molar-refractivity contribution in [2.24, 2.45) is 11.7 Å². The minimum absolute atomic E-state index is 0.185. The Morgan fingerprint density at radius 1 is 1.32 bits per heavy atom. The Hall–Kier alpha value is -1.24. The number of thioether (sulfide) groups is 1. The Labute approximate surface area is 130 Å². The van der Waals surface area contributed by atoms with E-state index in [1.54, 1.807) is 0 Å². The lowest BCUT2D eigenvalue weighted by atomic mass is 10.0. The van der Waals surface area contributed by atoms with E-state index in [4.69, 9.17) is 5.73 Å². The van der Waals surface area contributed by atoms with Gasteiger partial charge >= 0.3 is 6.18 Å². The van der Waals surface area contributed by atoms with Crippen LogP contribution in [0.5, 0.6) is 0 Å². The molecule has 1 fully saturated rings. The molecule has 0 radical (unpaired) electrons. The second kappa shape index (κ2) is 6.89. The zero-order valence-electron chi connectivity index (χ0n) is 11.8. The summed E-state index contributed by atoms with van der Waals surface area (Å²) in [6, 6.07) is 2.92. The van der Waals surface area contributed by atoms with Crippen LogP contribution in [0.1, 0.15) is 36.8 Å². The molecule has 0 bridgehead atoms. The number of amides is 1. The fraction of sp³-hybridized carbons (Fsp3) is 0.533. The Kier molecular flexibility index (Phi) is 5.36. The number of halogens is 4. The Morgan fingerprint density at radius 3 is 2.50 bits per heavy atom. The molecule has 122 valence electrons. The summed E-state index contributed by atoms with van der Waals surface area (Å²) in [7, 11) is 0. The first-order chi connectivity index (χ1) is 10.3. The van der Waals surface area contributed by atoms with E-state index in [2.05, 4.69) is 0 Å². The first-order valence-electron chi connectivity index (χ1n) is 7.05. The van der Waals surface area contributed by atoms with Crippen molar-refractivity contribution >= 4 is 17.7 Å². The molecule has 0 heterocycles. The van der Waals surface area contributed by atoms with Crippen molar-refractivity contribution in [1.82, 2.24) is 0 Å². The summed E-state index contributed by atoms with van der Waals surface area (Å²) in [5.41, 5.74) is 4.46. The molecule has 1 aromatic carbocycles. The number of primary amides is 1. The van der Waals surface area contributed by atoms with Gasteiger partial charge in [-0.25, -0.2) is 4.39 Å². The lowest BCUT2D eigenvalue weighted by Crippen LogP contribution is -2.31. The summed E-state index contributed by atoms with van der Waals surface area (Å²) >= 11 is 1.24. The topological polar surface area (TPSA) is 43.1 Å². The number of hydrogen-bond acceptors (Lipinski definition) is 2. The molecule has 0 aromatic heterocycles. The SMILES string of the molecule is NC(=O)C(SCc1ccc(F)c(C(F)(F)F)c1)C1CCCC1. The molecule has 1 aliphatic carbocycles. The summed E-state index contributed by atoms with van der Waals surface area (Å²) in [4.78, 5) is 11.5. The van der Waals surface area contributed by atoms with Crippen molar-refractivity contribution in [3.63, 3.8) is 0 Å². The molecule has 1 saturated carbocycles. The number of carbonyl (C=O) groups is 1. The van der Waals surface area contributed by atoms with Crippen molar-refractivity contribution in [3.8, 4) is 0 Å². The molecular formula is C15H17F4NOS. The van der Waals surface area contributed by atoms with Crippen LogP contribution in [0.2, 0.25) is 0 Å². The molecule has 1 aliphatic rings. The second-order valence-electron chi connectivity index (χ2n) is 5.49. The predicted molar refractivity (Wildman–Crippen MR) is 77.6 cm³/mol. The van der Waals surface area contributed by atoms with Gasteiger partial charge in [-0.1, -0.05) is 18.9 Å². The number of hydrogen-bond donors (Lipinski definition) is 1. The van der Waals surface area contributed by atoms with Gasteiger partial charge in [0.25, 0.3) is 0 Å². The number of nitrogens with two attached hydrogens (primary N) is 1. The van der Waals surface area contributed by atoms with Gasteiger partial charge in [0.1, 0.15) is 5.82 Å². The van der Waals surface area contributed by atoms with Gasteiger partial charge in [0.05, 0.1) is 10.8 Å². The molecule has 0 aliphatic heterocycles. The first kappa shape index (κ1) is 17.1. The smallest absolute Gasteiger partial charge is 0.369 e. The van der Waals surface area contributed by atoms with Crippen molar-refractivity contribution in [2.45, 2.75) is 42.9 Å². The molecule has 0 spiro atoms. The van der Waals surface area contributed by atoms with Gasteiger partial charge in [-0.3, -0.25) is 4.79 Å². The van der Waals surface area contributed by atoms with Crippen LogP contribution in [0.15, 0.2) is 18.2 Å². The summed E-state index contributed by atoms with van der Waals surface area (Å²) in [5, 5.41) is -0.401. The van der Waals surface area contributed by atoms with Gasteiger partial charge in [0.15, 0.2) is 0 Å². The minimum atomic E-state index is -4.72. The highest BCUT2D eigenvalue weighted by Crippen LogP contribution is 2.36. The monoisotopic (exact) mass is 335 g/mol. The maximum absolute atomic E-state index is 13.2. The summed E-state index contributed by atoms with van der Waals surface area (Å²) in [6.45, 7) is 0. The van der Waals surface area contributed by atoms with Crippen LogP contribution in [0.3, 0.4) is 0 Å². The average molecular weight is 335 g/mol. The fourth-order valence-electron chi connectivity index (χ4n) is 2.78. The first-order valence-corrected chi connectivity index (χ1v) is 8.10. The van der Waals surface area contributed by atoms with Crippen LogP contribution in [0.25, 0.3) is 0 Å². The molecule has 2 rings (SSSR count). The van der Waals surface area contributed by atoms with E-state index < -0.39 is 28.7 Å². The molecule has 1 atom stereocenters. The lowest BCUT2D eigenvalue weighted by Gasteiger charge is -2.20. The normalized spacial score (nSPS) is 17.6. The molecule has 1 amide bonds. The molecule has 22 heavy (non-hydrogen) atoms. The largest absolute Gasteiger partial charge is 0.419 e. The Balaban J connectivity index is 2.08. The average Bonchev–Trinajstić information content (AvgIpc) is 2.93. The van der Waals surface area contributed by atoms with Crippen molar-refractivity contribution < 1.29 is 22.4 Å². The standard InChI is InChI=1S/C15H17F4NOS/c16-12-6-5-9(7-11(12)15(17,18)19)8-22-13(14(20)21)10-3-1-2-4-10/h5-7,10,13H,1-4,8H2,(H2,20,21). The maximum Gasteiger partial charge on any atom is 0.419 e. The molecule has 0 saturated heterocycles. The van der Waals surface area contributed by atoms with Crippen LogP contribution < -0.4 is 5.73 Å². The molecular weight excluding hydrogens is 318 g/mol. The zero-order chi connectivity index (χ0) is 16.3. The third-order valence-corrected chi connectivity index (χ3v) is 5.35. The fourth-order valence-corrected chi connectivity index (χ4v) is 4.04. The van der Waals surface area contributed by atoms with Gasteiger partial charge in [-0.15, -0.1) is 11.8 Å². The van der Waals surface area contributed by atoms with Gasteiger partial charge in [-0.05, 0) is 36.5 Å². The summed E-state index contributed by atoms with van der Waals surface area (Å²) in [6.07, 6.45) is -0.803. The highest BCUT2D eigenvalue weighted by atomic mass is 32.2. The quantitative estimate of drug-likeness (QED) is 0.823. The number of rotatable bonds is 5. The third kappa shape index (κ3) is 4.15. The van der Waals surface area contributed by atoms with Gasteiger partial charge in [0.2, 0.25) is 5.91 Å². The van der Waals surface area contributed by atoms with E-state index in [0.717, 1.165) is 37.8 Å². The lowest BCUT2D eigenvalue weighted by molar-refractivity contribution is -0.140. The summed E-state index contributed by atoms with van der Waals surface area (Å²) < 4.78 is 51.3. The number of alkyl halides is 3. The van der Waals surface area contributed by atoms with Crippen LogP contribution in [-0.2, 0) is 16.7 Å². The maximum atomic E-state index is 13.2. The zero-order valence-corrected chi connectivity index (χ0v) is 12.6. The van der Waals surface area contributed by atoms with E-state index in [1.165, 1.54) is 17.8 Å². The third-order valence-electron chi connectivity index (χ3n) is 3.87. The van der Waals surface area contributed by atoms with Crippen LogP contribution in [0, 0.1) is 11.7 Å². The highest BCUT2D eigenvalue weighted by molar-refractivity contribution is 7.99. The Morgan fingerprint density at radius 2 is 1.95 bits per heavy atom. The van der Waals surface area contributed by atoms with E-state index >= 15 is 0 Å². The number of benzene rings is 1. The molecule has 1 unspecified atom stereocenters. The van der Waals surface area contributed by atoms with Gasteiger partial charge in [-0.2, -0.15) is 13.2 Å². The van der Waals surface area contributed by atoms with Gasteiger partial charge < -0.3 is 5.73 Å². The van der Waals surface area contributed by atoms with E-state index in [0.29, 0.717) is 5.56 Å². The highest BCUT2D eigenvalue weighted by Gasteiger charge is 2.34. The second-order valence-corrected chi connectivity index (χ2v) is 6.62. The van der Waals surface area contributed by atoms with Crippen molar-refractivity contribution in [1.29, 1.82) is 0 Å². The van der Waals surface area contributed by atoms with Gasteiger partial charge in [0, 0.05) is 5.75 Å². The molecule has 2 N–H and O–H groups in total. The van der Waals surface area contributed by atoms with Crippen molar-refractivity contribution in [3.05, 3.63) is 35.1 Å². The molecule has 1 aromatic rings. The predicted octanol–water partition coefficient (Wildman–Crippen LogP) is 4.12. The Bertz CT molecular complexity index is 541. The number of carbonyl (C=O) groups excluding carboxylic acids is 1. The minimum Gasteiger partial charge on any atom is -0.369 e. The van der Waals surface area contributed by atoms with E-state index in [-0.39, 0.29) is 11.7 Å². The molecule has 2 nitrogen and oxygen atoms in total. The molecule has 7 heteroatoms.